The monoisotopic (exact) mass is 497 g/mol. The average molecular weight is 498 g/mol. The zero-order chi connectivity index (χ0) is 25.5. The molecule has 0 spiro atoms. The highest BCUT2D eigenvalue weighted by molar-refractivity contribution is 5.79. The Labute approximate surface area is 218 Å². The molecule has 1 amide bonds. The minimum absolute atomic E-state index is 0.0466. The minimum Gasteiger partial charge on any atom is -0.494 e. The van der Waals surface area contributed by atoms with Gasteiger partial charge in [0.25, 0.3) is 0 Å². The van der Waals surface area contributed by atoms with Gasteiger partial charge in [0.2, 0.25) is 5.91 Å². The topological polar surface area (TPSA) is 71.8 Å². The summed E-state index contributed by atoms with van der Waals surface area (Å²) in [5.41, 5.74) is 4.17. The molecule has 2 aromatic heterocycles. The van der Waals surface area contributed by atoms with Crippen molar-refractivity contribution in [3.8, 4) is 17.0 Å². The number of benzene rings is 2. The molecule has 0 saturated carbocycles. The largest absolute Gasteiger partial charge is 0.494 e. The van der Waals surface area contributed by atoms with Crippen LogP contribution in [0.15, 0.2) is 73.1 Å². The molecule has 0 atom stereocenters. The maximum atomic E-state index is 12.7. The number of piperidine rings is 1. The highest BCUT2D eigenvalue weighted by atomic mass is 16.5. The number of rotatable bonds is 10. The van der Waals surface area contributed by atoms with Gasteiger partial charge in [-0.2, -0.15) is 5.10 Å². The van der Waals surface area contributed by atoms with E-state index in [0.717, 1.165) is 80.1 Å². The fraction of sp³-hybridized carbons (Fsp3) is 0.367. The van der Waals surface area contributed by atoms with Crippen LogP contribution >= 0.6 is 0 Å². The number of nitrogens with one attached hydrogen (secondary N) is 1. The van der Waals surface area contributed by atoms with E-state index in [2.05, 4.69) is 47.5 Å². The first-order valence-electron chi connectivity index (χ1n) is 13.4. The van der Waals surface area contributed by atoms with Gasteiger partial charge in [0, 0.05) is 43.5 Å². The molecule has 2 aromatic carbocycles. The first-order chi connectivity index (χ1) is 18.2. The van der Waals surface area contributed by atoms with Crippen LogP contribution in [-0.2, 0) is 11.2 Å². The lowest BCUT2D eigenvalue weighted by Crippen LogP contribution is -2.41. The van der Waals surface area contributed by atoms with Crippen LogP contribution < -0.4 is 15.0 Å². The molecule has 0 bridgehead atoms. The average Bonchev–Trinajstić information content (AvgIpc) is 3.39. The van der Waals surface area contributed by atoms with Crippen LogP contribution in [0.3, 0.4) is 0 Å². The van der Waals surface area contributed by atoms with Crippen molar-refractivity contribution in [1.82, 2.24) is 19.9 Å². The Morgan fingerprint density at radius 2 is 1.86 bits per heavy atom. The molecule has 192 valence electrons. The minimum atomic E-state index is 0.0466. The summed E-state index contributed by atoms with van der Waals surface area (Å²) < 4.78 is 7.69. The number of ether oxygens (including phenoxy) is 1. The Morgan fingerprint density at radius 1 is 1.08 bits per heavy atom. The van der Waals surface area contributed by atoms with Gasteiger partial charge in [-0.1, -0.05) is 43.7 Å². The van der Waals surface area contributed by atoms with Crippen molar-refractivity contribution in [1.29, 1.82) is 0 Å². The van der Waals surface area contributed by atoms with Crippen LogP contribution in [0.1, 0.15) is 38.2 Å². The molecule has 0 unspecified atom stereocenters. The van der Waals surface area contributed by atoms with Gasteiger partial charge in [0.1, 0.15) is 11.3 Å². The Kier molecular flexibility index (Phi) is 7.99. The highest BCUT2D eigenvalue weighted by Gasteiger charge is 2.26. The van der Waals surface area contributed by atoms with Gasteiger partial charge in [-0.05, 0) is 61.6 Å². The third kappa shape index (κ3) is 6.10. The van der Waals surface area contributed by atoms with Crippen molar-refractivity contribution in [2.75, 3.05) is 31.1 Å². The van der Waals surface area contributed by atoms with Gasteiger partial charge >= 0.3 is 0 Å². The number of hydrogen-bond donors (Lipinski definition) is 1. The summed E-state index contributed by atoms with van der Waals surface area (Å²) in [5.74, 6) is 2.01. The van der Waals surface area contributed by atoms with E-state index in [1.807, 2.05) is 41.0 Å². The zero-order valence-electron chi connectivity index (χ0n) is 21.5. The van der Waals surface area contributed by atoms with E-state index >= 15 is 0 Å². The third-order valence-corrected chi connectivity index (χ3v) is 7.01. The normalized spacial score (nSPS) is 14.1. The number of amides is 1. The fourth-order valence-electron chi connectivity index (χ4n) is 4.82. The van der Waals surface area contributed by atoms with Crippen molar-refractivity contribution in [3.63, 3.8) is 0 Å². The van der Waals surface area contributed by atoms with Gasteiger partial charge in [-0.3, -0.25) is 4.79 Å². The summed E-state index contributed by atoms with van der Waals surface area (Å²) in [5, 5.41) is 7.92. The number of carbonyl (C=O) groups is 1. The van der Waals surface area contributed by atoms with Crippen LogP contribution in [0.5, 0.6) is 5.75 Å². The molecule has 1 N–H and O–H groups in total. The van der Waals surface area contributed by atoms with E-state index in [1.54, 1.807) is 6.20 Å². The van der Waals surface area contributed by atoms with E-state index in [9.17, 15) is 4.79 Å². The van der Waals surface area contributed by atoms with Crippen LogP contribution in [0.25, 0.3) is 16.8 Å². The SMILES string of the molecule is CCCCOc1ccc(-c2cc3c(N4CCC(C(=O)NCCc5ccccc5)CC4)nccn3n2)cc1. The summed E-state index contributed by atoms with van der Waals surface area (Å²) in [6.45, 7) is 5.17. The summed E-state index contributed by atoms with van der Waals surface area (Å²) in [6.07, 6.45) is 8.36. The second-order valence-electron chi connectivity index (χ2n) is 9.62. The van der Waals surface area contributed by atoms with Crippen molar-refractivity contribution in [3.05, 3.63) is 78.6 Å². The Balaban J connectivity index is 1.19. The maximum Gasteiger partial charge on any atom is 0.223 e. The highest BCUT2D eigenvalue weighted by Crippen LogP contribution is 2.29. The molecule has 7 nitrogen and oxygen atoms in total. The van der Waals surface area contributed by atoms with E-state index in [0.29, 0.717) is 6.54 Å². The Morgan fingerprint density at radius 3 is 2.62 bits per heavy atom. The van der Waals surface area contributed by atoms with Gasteiger partial charge in [0.05, 0.1) is 12.3 Å². The van der Waals surface area contributed by atoms with Gasteiger partial charge in [-0.25, -0.2) is 9.50 Å². The summed E-state index contributed by atoms with van der Waals surface area (Å²) >= 11 is 0. The van der Waals surface area contributed by atoms with E-state index in [1.165, 1.54) is 5.56 Å². The number of hydrogen-bond acceptors (Lipinski definition) is 5. The number of carbonyl (C=O) groups excluding carboxylic acids is 1. The molecular weight excluding hydrogens is 462 g/mol. The molecule has 1 fully saturated rings. The smallest absolute Gasteiger partial charge is 0.223 e. The van der Waals surface area contributed by atoms with E-state index in [-0.39, 0.29) is 11.8 Å². The number of unbranched alkanes of at least 4 members (excludes halogenated alkanes) is 1. The molecule has 1 saturated heterocycles. The molecular formula is C30H35N5O2. The molecule has 7 heteroatoms. The molecule has 4 aromatic rings. The summed E-state index contributed by atoms with van der Waals surface area (Å²) in [6, 6.07) is 20.5. The van der Waals surface area contributed by atoms with E-state index in [4.69, 9.17) is 14.8 Å². The Bertz CT molecular complexity index is 1290. The molecule has 3 heterocycles. The molecule has 1 aliphatic heterocycles. The first-order valence-corrected chi connectivity index (χ1v) is 13.4. The van der Waals surface area contributed by atoms with Crippen LogP contribution in [0.2, 0.25) is 0 Å². The van der Waals surface area contributed by atoms with Crippen molar-refractivity contribution in [2.24, 2.45) is 5.92 Å². The van der Waals surface area contributed by atoms with Crippen LogP contribution in [0, 0.1) is 5.92 Å². The number of aromatic nitrogens is 3. The second kappa shape index (κ2) is 11.9. The number of fused-ring (bicyclic) bond motifs is 1. The van der Waals surface area contributed by atoms with Crippen LogP contribution in [-0.4, -0.2) is 46.7 Å². The predicted octanol–water partition coefficient (Wildman–Crippen LogP) is 5.15. The fourth-order valence-corrected chi connectivity index (χ4v) is 4.82. The maximum absolute atomic E-state index is 12.7. The molecule has 0 radical (unpaired) electrons. The molecule has 5 rings (SSSR count). The lowest BCUT2D eigenvalue weighted by Gasteiger charge is -2.32. The molecule has 1 aliphatic rings. The van der Waals surface area contributed by atoms with Gasteiger partial charge < -0.3 is 15.0 Å². The molecule has 0 aliphatic carbocycles. The Hall–Kier alpha value is -3.87. The second-order valence-corrected chi connectivity index (χ2v) is 9.62. The first kappa shape index (κ1) is 24.8. The standard InChI is InChI=1S/C30H35N5O2/c1-2-3-21-37-26-11-9-24(10-12-26)27-22-28-29(31-17-20-35(28)33-27)34-18-14-25(15-19-34)30(36)32-16-13-23-7-5-4-6-8-23/h4-12,17,20,22,25H,2-3,13-16,18-19,21H2,1H3,(H,32,36). The number of anilines is 1. The number of nitrogens with zero attached hydrogens (tertiary/aromatic N) is 4. The van der Waals surface area contributed by atoms with Crippen molar-refractivity contribution in [2.45, 2.75) is 39.0 Å². The third-order valence-electron chi connectivity index (χ3n) is 7.01. The van der Waals surface area contributed by atoms with E-state index < -0.39 is 0 Å². The predicted molar refractivity (Wildman–Crippen MR) is 147 cm³/mol. The summed E-state index contributed by atoms with van der Waals surface area (Å²) in [7, 11) is 0. The van der Waals surface area contributed by atoms with Gasteiger partial charge in [-0.15, -0.1) is 0 Å². The summed E-state index contributed by atoms with van der Waals surface area (Å²) in [4.78, 5) is 19.7. The quantitative estimate of drug-likeness (QED) is 0.307. The van der Waals surface area contributed by atoms with Crippen molar-refractivity contribution < 1.29 is 9.53 Å². The van der Waals surface area contributed by atoms with Crippen LogP contribution in [0.4, 0.5) is 5.82 Å². The molecule has 37 heavy (non-hydrogen) atoms. The van der Waals surface area contributed by atoms with Gasteiger partial charge in [0.15, 0.2) is 5.82 Å². The van der Waals surface area contributed by atoms with Crippen molar-refractivity contribution >= 4 is 17.2 Å². The lowest BCUT2D eigenvalue weighted by atomic mass is 9.95. The lowest BCUT2D eigenvalue weighted by molar-refractivity contribution is -0.125. The zero-order valence-corrected chi connectivity index (χ0v) is 21.5.